The monoisotopic (exact) mass is 346 g/mol. The summed E-state index contributed by atoms with van der Waals surface area (Å²) in [4.78, 5) is 18.8. The summed E-state index contributed by atoms with van der Waals surface area (Å²) in [6.45, 7) is 0.992. The lowest BCUT2D eigenvalue weighted by molar-refractivity contribution is 0.0734. The van der Waals surface area contributed by atoms with Crippen molar-refractivity contribution < 1.29 is 15.0 Å². The average Bonchev–Trinajstić information content (AvgIpc) is 2.69. The molecule has 0 unspecified atom stereocenters. The number of hydrogen-bond donors (Lipinski definition) is 2. The largest absolute Gasteiger partial charge is 0.504 e. The highest BCUT2D eigenvalue weighted by Crippen LogP contribution is 2.32. The molecule has 130 valence electrons. The number of phenols is 2. The third kappa shape index (κ3) is 2.99. The second-order valence-corrected chi connectivity index (χ2v) is 6.41. The minimum Gasteiger partial charge on any atom is -0.504 e. The van der Waals surface area contributed by atoms with Crippen molar-refractivity contribution in [1.29, 1.82) is 0 Å². The Morgan fingerprint density at radius 2 is 1.73 bits per heavy atom. The number of nitrogens with zero attached hydrogens (tertiary/aromatic N) is 2. The highest BCUT2D eigenvalue weighted by atomic mass is 16.3. The van der Waals surface area contributed by atoms with Crippen molar-refractivity contribution in [3.05, 3.63) is 77.6 Å². The first-order valence-corrected chi connectivity index (χ1v) is 8.45. The third-order valence-corrected chi connectivity index (χ3v) is 4.70. The van der Waals surface area contributed by atoms with Gasteiger partial charge in [-0.3, -0.25) is 9.78 Å². The molecule has 0 radical (unpaired) electrons. The Labute approximate surface area is 151 Å². The van der Waals surface area contributed by atoms with E-state index < -0.39 is 0 Å². The van der Waals surface area contributed by atoms with Gasteiger partial charge in [0.1, 0.15) is 0 Å². The van der Waals surface area contributed by atoms with Gasteiger partial charge in [-0.25, -0.2) is 0 Å². The number of fused-ring (bicyclic) bond motifs is 1. The smallest absolute Gasteiger partial charge is 0.254 e. The number of aromatic hydroxyl groups is 2. The number of amides is 1. The summed E-state index contributed by atoms with van der Waals surface area (Å²) < 4.78 is 0. The van der Waals surface area contributed by atoms with E-state index in [9.17, 15) is 15.0 Å². The summed E-state index contributed by atoms with van der Waals surface area (Å²) in [7, 11) is 0. The second-order valence-electron chi connectivity index (χ2n) is 6.41. The van der Waals surface area contributed by atoms with Gasteiger partial charge in [0, 0.05) is 36.6 Å². The van der Waals surface area contributed by atoms with Gasteiger partial charge in [-0.2, -0.15) is 0 Å². The van der Waals surface area contributed by atoms with Gasteiger partial charge >= 0.3 is 0 Å². The zero-order chi connectivity index (χ0) is 18.1. The molecule has 0 atom stereocenters. The van der Waals surface area contributed by atoms with Crippen LogP contribution in [-0.2, 0) is 13.0 Å². The van der Waals surface area contributed by atoms with E-state index in [2.05, 4.69) is 4.98 Å². The summed E-state index contributed by atoms with van der Waals surface area (Å²) in [5.41, 5.74) is 4.37. The maximum absolute atomic E-state index is 12.9. The Morgan fingerprint density at radius 1 is 0.962 bits per heavy atom. The molecule has 0 spiro atoms. The van der Waals surface area contributed by atoms with Gasteiger partial charge in [0.15, 0.2) is 11.5 Å². The van der Waals surface area contributed by atoms with E-state index >= 15 is 0 Å². The maximum Gasteiger partial charge on any atom is 0.254 e. The molecule has 0 saturated heterocycles. The summed E-state index contributed by atoms with van der Waals surface area (Å²) in [6.07, 6.45) is 4.14. The molecule has 0 bridgehead atoms. The number of benzene rings is 2. The molecule has 2 heterocycles. The van der Waals surface area contributed by atoms with E-state index in [1.807, 2.05) is 36.4 Å². The molecule has 5 heteroatoms. The van der Waals surface area contributed by atoms with Gasteiger partial charge in [0.05, 0.1) is 0 Å². The highest BCUT2D eigenvalue weighted by Gasteiger charge is 2.23. The van der Waals surface area contributed by atoms with Crippen LogP contribution in [-0.4, -0.2) is 32.5 Å². The number of rotatable bonds is 2. The zero-order valence-corrected chi connectivity index (χ0v) is 14.1. The SMILES string of the molecule is O=C(c1cccc(-c2cccnc2)c1)N1CCc2cc(O)c(O)cc2C1. The molecule has 2 N–H and O–H groups in total. The summed E-state index contributed by atoms with van der Waals surface area (Å²) in [5, 5.41) is 19.4. The Kier molecular flexibility index (Phi) is 4.05. The summed E-state index contributed by atoms with van der Waals surface area (Å²) >= 11 is 0. The lowest BCUT2D eigenvalue weighted by Gasteiger charge is -2.29. The number of carbonyl (C=O) groups excluding carboxylic acids is 1. The van der Waals surface area contributed by atoms with Crippen LogP contribution < -0.4 is 0 Å². The first-order chi connectivity index (χ1) is 12.6. The molecule has 1 aromatic heterocycles. The van der Waals surface area contributed by atoms with Crippen LogP contribution in [0, 0.1) is 0 Å². The van der Waals surface area contributed by atoms with Crippen LogP contribution in [0.1, 0.15) is 21.5 Å². The fourth-order valence-electron chi connectivity index (χ4n) is 3.30. The van der Waals surface area contributed by atoms with Crippen molar-refractivity contribution in [1.82, 2.24) is 9.88 Å². The molecular formula is C21H18N2O3. The van der Waals surface area contributed by atoms with Crippen molar-refractivity contribution in [2.45, 2.75) is 13.0 Å². The fraction of sp³-hybridized carbons (Fsp3) is 0.143. The van der Waals surface area contributed by atoms with Crippen LogP contribution in [0.2, 0.25) is 0 Å². The molecule has 5 nitrogen and oxygen atoms in total. The standard InChI is InChI=1S/C21H18N2O3/c24-19-10-15-6-8-23(13-18(15)11-20(19)25)21(26)16-4-1-3-14(9-16)17-5-2-7-22-12-17/h1-5,7,9-12,24-25H,6,8,13H2. The highest BCUT2D eigenvalue weighted by molar-refractivity contribution is 5.95. The normalized spacial score (nSPS) is 13.3. The Hall–Kier alpha value is -3.34. The average molecular weight is 346 g/mol. The predicted octanol–water partition coefficient (Wildman–Crippen LogP) is 3.36. The number of pyridine rings is 1. The topological polar surface area (TPSA) is 73.7 Å². The first-order valence-electron chi connectivity index (χ1n) is 8.45. The first kappa shape index (κ1) is 16.1. The van der Waals surface area contributed by atoms with Crippen LogP contribution in [0.5, 0.6) is 11.5 Å². The Morgan fingerprint density at radius 3 is 2.50 bits per heavy atom. The molecule has 1 aliphatic rings. The van der Waals surface area contributed by atoms with E-state index in [0.717, 1.165) is 22.3 Å². The Balaban J connectivity index is 1.60. The zero-order valence-electron chi connectivity index (χ0n) is 14.1. The number of phenolic OH excluding ortho intramolecular Hbond substituents is 2. The lowest BCUT2D eigenvalue weighted by atomic mass is 9.97. The van der Waals surface area contributed by atoms with Crippen LogP contribution in [0.3, 0.4) is 0 Å². The quantitative estimate of drug-likeness (QED) is 0.698. The molecule has 0 saturated carbocycles. The maximum atomic E-state index is 12.9. The van der Waals surface area contributed by atoms with E-state index in [4.69, 9.17) is 0 Å². The van der Waals surface area contributed by atoms with Gasteiger partial charge < -0.3 is 15.1 Å². The van der Waals surface area contributed by atoms with E-state index in [-0.39, 0.29) is 17.4 Å². The van der Waals surface area contributed by atoms with Crippen molar-refractivity contribution in [2.24, 2.45) is 0 Å². The van der Waals surface area contributed by atoms with Crippen molar-refractivity contribution in [2.75, 3.05) is 6.54 Å². The van der Waals surface area contributed by atoms with E-state index in [1.165, 1.54) is 6.07 Å². The van der Waals surface area contributed by atoms with Crippen LogP contribution in [0.25, 0.3) is 11.1 Å². The minimum atomic E-state index is -0.156. The minimum absolute atomic E-state index is 0.0473. The number of aromatic nitrogens is 1. The van der Waals surface area contributed by atoms with Crippen molar-refractivity contribution in [3.63, 3.8) is 0 Å². The molecular weight excluding hydrogens is 328 g/mol. The van der Waals surface area contributed by atoms with Gasteiger partial charge in [-0.15, -0.1) is 0 Å². The predicted molar refractivity (Wildman–Crippen MR) is 97.9 cm³/mol. The summed E-state index contributed by atoms with van der Waals surface area (Å²) in [6, 6.07) is 14.5. The van der Waals surface area contributed by atoms with Gasteiger partial charge in [0.2, 0.25) is 0 Å². The van der Waals surface area contributed by atoms with Gasteiger partial charge in [-0.1, -0.05) is 18.2 Å². The molecule has 1 amide bonds. The van der Waals surface area contributed by atoms with Crippen molar-refractivity contribution in [3.8, 4) is 22.6 Å². The molecule has 1 aliphatic heterocycles. The van der Waals surface area contributed by atoms with E-state index in [0.29, 0.717) is 25.1 Å². The molecule has 3 aromatic rings. The van der Waals surface area contributed by atoms with Crippen LogP contribution >= 0.6 is 0 Å². The Bertz CT molecular complexity index is 970. The van der Waals surface area contributed by atoms with Crippen LogP contribution in [0.15, 0.2) is 60.9 Å². The summed E-state index contributed by atoms with van der Waals surface area (Å²) in [5.74, 6) is -0.321. The second kappa shape index (κ2) is 6.52. The van der Waals surface area contributed by atoms with Crippen LogP contribution in [0.4, 0.5) is 0 Å². The molecule has 0 aliphatic carbocycles. The molecule has 0 fully saturated rings. The molecule has 2 aromatic carbocycles. The fourth-order valence-corrected chi connectivity index (χ4v) is 3.30. The lowest BCUT2D eigenvalue weighted by Crippen LogP contribution is -2.35. The number of carbonyl (C=O) groups is 1. The number of hydrogen-bond acceptors (Lipinski definition) is 4. The van der Waals surface area contributed by atoms with Gasteiger partial charge in [-0.05, 0) is 53.4 Å². The van der Waals surface area contributed by atoms with E-state index in [1.54, 1.807) is 23.4 Å². The molecule has 4 rings (SSSR count). The third-order valence-electron chi connectivity index (χ3n) is 4.70. The molecule has 26 heavy (non-hydrogen) atoms. The van der Waals surface area contributed by atoms with Crippen molar-refractivity contribution >= 4 is 5.91 Å². The van der Waals surface area contributed by atoms with Gasteiger partial charge in [0.25, 0.3) is 5.91 Å².